The molecule has 108 valence electrons. The van der Waals surface area contributed by atoms with Crippen molar-refractivity contribution in [3.8, 4) is 6.07 Å². The highest BCUT2D eigenvalue weighted by atomic mass is 32.2. The monoisotopic (exact) mass is 297 g/mol. The van der Waals surface area contributed by atoms with Crippen LogP contribution in [-0.2, 0) is 21.5 Å². The van der Waals surface area contributed by atoms with Crippen molar-refractivity contribution in [3.63, 3.8) is 0 Å². The highest BCUT2D eigenvalue weighted by Crippen LogP contribution is 2.05. The summed E-state index contributed by atoms with van der Waals surface area (Å²) in [7, 11) is -2.43. The molecule has 0 saturated heterocycles. The van der Waals surface area contributed by atoms with Crippen LogP contribution < -0.4 is 4.72 Å². The fourth-order valence-electron chi connectivity index (χ4n) is 1.41. The molecule has 0 aliphatic carbocycles. The van der Waals surface area contributed by atoms with E-state index in [4.69, 9.17) is 10.4 Å². The molecule has 0 spiro atoms. The quantitative estimate of drug-likeness (QED) is 0.752. The van der Waals surface area contributed by atoms with Gasteiger partial charge in [0.1, 0.15) is 0 Å². The third-order valence-corrected chi connectivity index (χ3v) is 4.08. The molecule has 1 rings (SSSR count). The number of aliphatic carboxylic acids is 1. The second-order valence-corrected chi connectivity index (χ2v) is 5.97. The van der Waals surface area contributed by atoms with Crippen LogP contribution in [0.1, 0.15) is 17.5 Å². The Morgan fingerprint density at radius 1 is 1.50 bits per heavy atom. The Morgan fingerprint density at radius 2 is 2.20 bits per heavy atom. The third-order valence-electron chi connectivity index (χ3n) is 2.57. The second-order valence-electron chi connectivity index (χ2n) is 4.10. The zero-order valence-electron chi connectivity index (χ0n) is 10.9. The molecule has 0 saturated carbocycles. The molecule has 0 aliphatic heterocycles. The average molecular weight is 297 g/mol. The number of hydrogen-bond acceptors (Lipinski definition) is 4. The van der Waals surface area contributed by atoms with Gasteiger partial charge < -0.3 is 5.11 Å². The van der Waals surface area contributed by atoms with Crippen molar-refractivity contribution in [2.45, 2.75) is 13.0 Å². The number of nitrogens with zero attached hydrogens (tertiary/aromatic N) is 2. The van der Waals surface area contributed by atoms with Crippen LogP contribution in [0.25, 0.3) is 0 Å². The normalized spacial score (nSPS) is 11.2. The minimum atomic E-state index is -3.74. The van der Waals surface area contributed by atoms with Gasteiger partial charge in [-0.2, -0.15) is 22.7 Å². The van der Waals surface area contributed by atoms with Crippen LogP contribution in [0.4, 0.5) is 0 Å². The first kappa shape index (κ1) is 16.1. The number of benzene rings is 1. The Kier molecular flexibility index (Phi) is 5.64. The molecule has 0 fully saturated rings. The highest BCUT2D eigenvalue weighted by Gasteiger charge is 2.17. The molecule has 1 aromatic carbocycles. The number of nitrogens with one attached hydrogen (secondary N) is 1. The summed E-state index contributed by atoms with van der Waals surface area (Å²) in [6.07, 6.45) is -0.263. The van der Waals surface area contributed by atoms with Gasteiger partial charge in [0.2, 0.25) is 0 Å². The van der Waals surface area contributed by atoms with Gasteiger partial charge >= 0.3 is 5.97 Å². The second kappa shape index (κ2) is 7.00. The minimum Gasteiger partial charge on any atom is -0.481 e. The first-order chi connectivity index (χ1) is 9.35. The van der Waals surface area contributed by atoms with Crippen molar-refractivity contribution >= 4 is 16.2 Å². The number of rotatable bonds is 7. The smallest absolute Gasteiger partial charge is 0.304 e. The number of carbonyl (C=O) groups is 1. The number of hydrogen-bond donors (Lipinski definition) is 2. The fraction of sp³-hybridized carbons (Fsp3) is 0.333. The van der Waals surface area contributed by atoms with E-state index < -0.39 is 16.2 Å². The van der Waals surface area contributed by atoms with Gasteiger partial charge in [-0.15, -0.1) is 0 Å². The first-order valence-electron chi connectivity index (χ1n) is 5.77. The molecular weight excluding hydrogens is 282 g/mol. The van der Waals surface area contributed by atoms with E-state index in [-0.39, 0.29) is 19.5 Å². The van der Waals surface area contributed by atoms with Crippen molar-refractivity contribution in [2.24, 2.45) is 0 Å². The molecule has 0 bridgehead atoms. The first-order valence-corrected chi connectivity index (χ1v) is 7.21. The van der Waals surface area contributed by atoms with E-state index >= 15 is 0 Å². The number of carboxylic acids is 1. The summed E-state index contributed by atoms with van der Waals surface area (Å²) in [6.45, 7) is -0.0713. The van der Waals surface area contributed by atoms with Crippen LogP contribution in [0.3, 0.4) is 0 Å². The molecule has 7 nitrogen and oxygen atoms in total. The van der Waals surface area contributed by atoms with Gasteiger partial charge in [0, 0.05) is 20.1 Å². The Hall–Kier alpha value is -1.95. The minimum absolute atomic E-state index is 0.0370. The lowest BCUT2D eigenvalue weighted by molar-refractivity contribution is -0.137. The predicted molar refractivity (Wildman–Crippen MR) is 71.8 cm³/mol. The molecule has 0 atom stereocenters. The lowest BCUT2D eigenvalue weighted by Gasteiger charge is -2.16. The average Bonchev–Trinajstić information content (AvgIpc) is 2.42. The maximum absolute atomic E-state index is 11.8. The summed E-state index contributed by atoms with van der Waals surface area (Å²) in [5, 5.41) is 17.3. The number of nitriles is 1. The van der Waals surface area contributed by atoms with Crippen LogP contribution in [0.15, 0.2) is 24.3 Å². The van der Waals surface area contributed by atoms with E-state index in [0.29, 0.717) is 11.1 Å². The predicted octanol–water partition coefficient (Wildman–Crippen LogP) is 0.299. The van der Waals surface area contributed by atoms with Crippen LogP contribution in [0.5, 0.6) is 0 Å². The van der Waals surface area contributed by atoms with E-state index in [1.54, 1.807) is 24.3 Å². The van der Waals surface area contributed by atoms with E-state index in [0.717, 1.165) is 4.31 Å². The molecule has 0 unspecified atom stereocenters. The molecule has 1 aromatic rings. The van der Waals surface area contributed by atoms with Gasteiger partial charge in [-0.1, -0.05) is 12.1 Å². The molecule has 20 heavy (non-hydrogen) atoms. The lowest BCUT2D eigenvalue weighted by Crippen LogP contribution is -2.38. The van der Waals surface area contributed by atoms with Gasteiger partial charge in [-0.25, -0.2) is 0 Å². The van der Waals surface area contributed by atoms with Gasteiger partial charge in [0.25, 0.3) is 10.2 Å². The zero-order valence-corrected chi connectivity index (χ0v) is 11.7. The number of carboxylic acid groups (broad SMARTS) is 1. The van der Waals surface area contributed by atoms with Crippen molar-refractivity contribution in [3.05, 3.63) is 35.4 Å². The van der Waals surface area contributed by atoms with Gasteiger partial charge in [-0.05, 0) is 17.7 Å². The van der Waals surface area contributed by atoms with E-state index in [2.05, 4.69) is 4.72 Å². The molecule has 0 heterocycles. The van der Waals surface area contributed by atoms with Crippen LogP contribution in [0, 0.1) is 11.3 Å². The van der Waals surface area contributed by atoms with Crippen molar-refractivity contribution in [1.29, 1.82) is 5.26 Å². The Balaban J connectivity index is 2.62. The largest absolute Gasteiger partial charge is 0.481 e. The Bertz CT molecular complexity index is 622. The maximum Gasteiger partial charge on any atom is 0.304 e. The van der Waals surface area contributed by atoms with Crippen molar-refractivity contribution in [1.82, 2.24) is 9.03 Å². The van der Waals surface area contributed by atoms with Crippen LogP contribution in [0.2, 0.25) is 0 Å². The zero-order chi connectivity index (χ0) is 15.2. The maximum atomic E-state index is 11.8. The SMILES string of the molecule is CN(CCC(=O)O)S(=O)(=O)NCc1cccc(C#N)c1. The Labute approximate surface area is 117 Å². The van der Waals surface area contributed by atoms with Crippen LogP contribution >= 0.6 is 0 Å². The van der Waals surface area contributed by atoms with E-state index in [1.165, 1.54) is 7.05 Å². The van der Waals surface area contributed by atoms with Gasteiger partial charge in [-0.3, -0.25) is 4.79 Å². The molecule has 8 heteroatoms. The van der Waals surface area contributed by atoms with E-state index in [1.807, 2.05) is 6.07 Å². The van der Waals surface area contributed by atoms with Crippen molar-refractivity contribution in [2.75, 3.05) is 13.6 Å². The molecule has 0 aliphatic rings. The summed E-state index contributed by atoms with van der Waals surface area (Å²) in [5.41, 5.74) is 1.10. The van der Waals surface area contributed by atoms with Gasteiger partial charge in [0.05, 0.1) is 18.1 Å². The molecular formula is C12H15N3O4S. The summed E-state index contributed by atoms with van der Waals surface area (Å²) < 4.78 is 26.9. The fourth-order valence-corrected chi connectivity index (χ4v) is 2.31. The summed E-state index contributed by atoms with van der Waals surface area (Å²) in [5.74, 6) is -1.06. The molecule has 0 radical (unpaired) electrons. The third kappa shape index (κ3) is 4.97. The summed E-state index contributed by atoms with van der Waals surface area (Å²) in [4.78, 5) is 10.4. The van der Waals surface area contributed by atoms with Crippen molar-refractivity contribution < 1.29 is 18.3 Å². The van der Waals surface area contributed by atoms with E-state index in [9.17, 15) is 13.2 Å². The molecule has 2 N–H and O–H groups in total. The topological polar surface area (TPSA) is 110 Å². The Morgan fingerprint density at radius 3 is 2.80 bits per heavy atom. The molecule has 0 aromatic heterocycles. The standard InChI is InChI=1S/C12H15N3O4S/c1-15(6-5-12(16)17)20(18,19)14-9-11-4-2-3-10(7-11)8-13/h2-4,7,14H,5-6,9H2,1H3,(H,16,17). The lowest BCUT2D eigenvalue weighted by atomic mass is 10.1. The summed E-state index contributed by atoms with van der Waals surface area (Å²) in [6, 6.07) is 8.53. The summed E-state index contributed by atoms with van der Waals surface area (Å²) >= 11 is 0. The highest BCUT2D eigenvalue weighted by molar-refractivity contribution is 7.87. The van der Waals surface area contributed by atoms with Gasteiger partial charge in [0.15, 0.2) is 0 Å². The molecule has 0 amide bonds. The van der Waals surface area contributed by atoms with Crippen LogP contribution in [-0.4, -0.2) is 37.4 Å².